The molecule has 0 saturated heterocycles. The average molecular weight is 603 g/mol. The number of unbranched alkanes of at least 4 members (excludes halogenated alkanes) is 12. The van der Waals surface area contributed by atoms with E-state index in [0.717, 1.165) is 18.6 Å². The molecule has 0 aliphatic carbocycles. The van der Waals surface area contributed by atoms with E-state index in [1.165, 1.54) is 101 Å². The highest BCUT2D eigenvalue weighted by Gasteiger charge is 2.07. The van der Waals surface area contributed by atoms with Crippen molar-refractivity contribution >= 4 is 10.4 Å². The highest BCUT2D eigenvalue weighted by Crippen LogP contribution is 2.24. The SMILES string of the molecule is CCCCCCCCCc1ccc(OCCOCCOCCOCCOS(=O)(=O)O)c(CCCCCCCCC)c1. The molecular formula is C32H58O8S. The fraction of sp³-hybridized carbons (Fsp3) is 0.812. The maximum absolute atomic E-state index is 10.4. The van der Waals surface area contributed by atoms with Gasteiger partial charge < -0.3 is 18.9 Å². The summed E-state index contributed by atoms with van der Waals surface area (Å²) in [5.74, 6) is 0.981. The van der Waals surface area contributed by atoms with Crippen molar-refractivity contribution in [2.75, 3.05) is 52.9 Å². The molecule has 0 amide bonds. The van der Waals surface area contributed by atoms with Crippen molar-refractivity contribution in [1.29, 1.82) is 0 Å². The van der Waals surface area contributed by atoms with Crippen LogP contribution in [0.15, 0.2) is 18.2 Å². The van der Waals surface area contributed by atoms with Gasteiger partial charge in [-0.3, -0.25) is 4.55 Å². The first-order chi connectivity index (χ1) is 20.0. The summed E-state index contributed by atoms with van der Waals surface area (Å²) in [4.78, 5) is 0. The molecule has 1 rings (SSSR count). The minimum Gasteiger partial charge on any atom is -0.491 e. The molecule has 8 nitrogen and oxygen atoms in total. The van der Waals surface area contributed by atoms with Gasteiger partial charge in [0.2, 0.25) is 0 Å². The van der Waals surface area contributed by atoms with E-state index in [4.69, 9.17) is 23.5 Å². The van der Waals surface area contributed by atoms with Crippen molar-refractivity contribution in [1.82, 2.24) is 0 Å². The van der Waals surface area contributed by atoms with Gasteiger partial charge in [-0.2, -0.15) is 8.42 Å². The zero-order valence-corrected chi connectivity index (χ0v) is 26.7. The van der Waals surface area contributed by atoms with Gasteiger partial charge in [0.15, 0.2) is 0 Å². The summed E-state index contributed by atoms with van der Waals surface area (Å²) in [5, 5.41) is 0. The molecular weight excluding hydrogens is 544 g/mol. The van der Waals surface area contributed by atoms with Crippen molar-refractivity contribution in [3.63, 3.8) is 0 Å². The van der Waals surface area contributed by atoms with Gasteiger partial charge in [-0.15, -0.1) is 0 Å². The van der Waals surface area contributed by atoms with Crippen LogP contribution in [-0.2, 0) is 41.6 Å². The zero-order chi connectivity index (χ0) is 29.9. The van der Waals surface area contributed by atoms with E-state index >= 15 is 0 Å². The Bertz CT molecular complexity index is 831. The molecule has 9 heteroatoms. The second kappa shape index (κ2) is 26.4. The summed E-state index contributed by atoms with van der Waals surface area (Å²) in [6.07, 6.45) is 20.7. The van der Waals surface area contributed by atoms with E-state index in [2.05, 4.69) is 36.2 Å². The van der Waals surface area contributed by atoms with Crippen LogP contribution in [-0.4, -0.2) is 65.8 Å². The van der Waals surface area contributed by atoms with Crippen LogP contribution in [0.4, 0.5) is 0 Å². The average Bonchev–Trinajstić information content (AvgIpc) is 2.94. The van der Waals surface area contributed by atoms with Crippen molar-refractivity contribution in [2.45, 2.75) is 117 Å². The zero-order valence-electron chi connectivity index (χ0n) is 25.9. The quantitative estimate of drug-likeness (QED) is 0.0713. The minimum atomic E-state index is -4.41. The third-order valence-electron chi connectivity index (χ3n) is 6.93. The predicted molar refractivity (Wildman–Crippen MR) is 165 cm³/mol. The van der Waals surface area contributed by atoms with Gasteiger partial charge in [0.1, 0.15) is 12.4 Å². The Morgan fingerprint density at radius 1 is 0.585 bits per heavy atom. The molecule has 0 radical (unpaired) electrons. The van der Waals surface area contributed by atoms with E-state index in [1.807, 2.05) is 0 Å². The Hall–Kier alpha value is -1.23. The van der Waals surface area contributed by atoms with Crippen LogP contribution in [0.2, 0.25) is 0 Å². The van der Waals surface area contributed by atoms with Crippen molar-refractivity contribution in [2.24, 2.45) is 0 Å². The Morgan fingerprint density at radius 2 is 1.05 bits per heavy atom. The van der Waals surface area contributed by atoms with Crippen LogP contribution >= 0.6 is 0 Å². The molecule has 0 fully saturated rings. The monoisotopic (exact) mass is 602 g/mol. The van der Waals surface area contributed by atoms with E-state index in [1.54, 1.807) is 0 Å². The Balaban J connectivity index is 2.29. The molecule has 0 unspecified atom stereocenters. The fourth-order valence-electron chi connectivity index (χ4n) is 4.63. The van der Waals surface area contributed by atoms with Crippen LogP contribution in [0.25, 0.3) is 0 Å². The summed E-state index contributed by atoms with van der Waals surface area (Å²) in [7, 11) is -4.41. The lowest BCUT2D eigenvalue weighted by Crippen LogP contribution is -2.15. The maximum Gasteiger partial charge on any atom is 0.397 e. The Morgan fingerprint density at radius 3 is 1.59 bits per heavy atom. The molecule has 0 aromatic heterocycles. The van der Waals surface area contributed by atoms with Gasteiger partial charge in [-0.1, -0.05) is 103 Å². The molecule has 0 bridgehead atoms. The second-order valence-electron chi connectivity index (χ2n) is 10.6. The highest BCUT2D eigenvalue weighted by molar-refractivity contribution is 7.80. The van der Waals surface area contributed by atoms with E-state index in [-0.39, 0.29) is 13.2 Å². The lowest BCUT2D eigenvalue weighted by Gasteiger charge is -2.14. The number of aryl methyl sites for hydroxylation is 2. The molecule has 1 aromatic rings. The fourth-order valence-corrected chi connectivity index (χ4v) is 4.91. The standard InChI is InChI=1S/C32H58O8S/c1-3-5-7-9-11-13-15-17-30-19-20-32(31(29-30)18-16-14-12-10-8-6-4-2)39-27-25-37-23-21-36-22-24-38-26-28-40-41(33,34)35/h19-20,29H,3-18,21-28H2,1-2H3,(H,33,34,35). The first kappa shape index (κ1) is 37.8. The molecule has 0 atom stereocenters. The smallest absolute Gasteiger partial charge is 0.397 e. The van der Waals surface area contributed by atoms with E-state index in [0.29, 0.717) is 39.6 Å². The van der Waals surface area contributed by atoms with Crippen molar-refractivity contribution in [3.8, 4) is 5.75 Å². The molecule has 0 saturated carbocycles. The number of ether oxygens (including phenoxy) is 4. The molecule has 1 aromatic carbocycles. The van der Waals surface area contributed by atoms with Crippen LogP contribution in [0, 0.1) is 0 Å². The van der Waals surface area contributed by atoms with Crippen LogP contribution in [0.3, 0.4) is 0 Å². The topological polar surface area (TPSA) is 101 Å². The van der Waals surface area contributed by atoms with Gasteiger partial charge in [0.05, 0.1) is 46.2 Å². The number of rotatable bonds is 30. The number of hydrogen-bond acceptors (Lipinski definition) is 7. The normalized spacial score (nSPS) is 11.8. The van der Waals surface area contributed by atoms with Crippen molar-refractivity contribution in [3.05, 3.63) is 29.3 Å². The second-order valence-corrected chi connectivity index (χ2v) is 11.7. The maximum atomic E-state index is 10.4. The predicted octanol–water partition coefficient (Wildman–Crippen LogP) is 7.52. The third kappa shape index (κ3) is 24.0. The van der Waals surface area contributed by atoms with E-state index < -0.39 is 10.4 Å². The van der Waals surface area contributed by atoms with Gasteiger partial charge in [0.25, 0.3) is 0 Å². The van der Waals surface area contributed by atoms with Crippen LogP contribution in [0.1, 0.15) is 115 Å². The largest absolute Gasteiger partial charge is 0.491 e. The molecule has 0 heterocycles. The number of hydrogen-bond donors (Lipinski definition) is 1. The molecule has 0 aliphatic rings. The summed E-state index contributed by atoms with van der Waals surface area (Å²) >= 11 is 0. The van der Waals surface area contributed by atoms with Gasteiger partial charge >= 0.3 is 10.4 Å². The first-order valence-corrected chi connectivity index (χ1v) is 17.4. The Kier molecular flexibility index (Phi) is 24.3. The first-order valence-electron chi connectivity index (χ1n) is 16.1. The summed E-state index contributed by atoms with van der Waals surface area (Å²) in [6.45, 7) is 6.88. The molecule has 0 spiro atoms. The molecule has 240 valence electrons. The van der Waals surface area contributed by atoms with Crippen molar-refractivity contribution < 1.29 is 36.1 Å². The molecule has 1 N–H and O–H groups in total. The minimum absolute atomic E-state index is 0.0536. The van der Waals surface area contributed by atoms with E-state index in [9.17, 15) is 8.42 Å². The summed E-state index contributed by atoms with van der Waals surface area (Å²) in [6, 6.07) is 6.75. The molecule has 41 heavy (non-hydrogen) atoms. The highest BCUT2D eigenvalue weighted by atomic mass is 32.3. The number of benzene rings is 1. The third-order valence-corrected chi connectivity index (χ3v) is 7.40. The van der Waals surface area contributed by atoms with Crippen LogP contribution < -0.4 is 4.74 Å². The lowest BCUT2D eigenvalue weighted by atomic mass is 9.99. The lowest BCUT2D eigenvalue weighted by molar-refractivity contribution is 0.00476. The summed E-state index contributed by atoms with van der Waals surface area (Å²) < 4.78 is 55.8. The van der Waals surface area contributed by atoms with Gasteiger partial charge in [-0.25, -0.2) is 4.18 Å². The van der Waals surface area contributed by atoms with Gasteiger partial charge in [0, 0.05) is 0 Å². The van der Waals surface area contributed by atoms with Crippen LogP contribution in [0.5, 0.6) is 5.75 Å². The van der Waals surface area contributed by atoms with Gasteiger partial charge in [-0.05, 0) is 42.9 Å². The summed E-state index contributed by atoms with van der Waals surface area (Å²) in [5.41, 5.74) is 2.75. The Labute approximate surface area is 250 Å². The molecule has 0 aliphatic heterocycles.